The summed E-state index contributed by atoms with van der Waals surface area (Å²) < 4.78 is 0. The molecule has 0 rings (SSSR count). The van der Waals surface area contributed by atoms with Crippen molar-refractivity contribution in [2.24, 2.45) is 5.92 Å². The molecule has 0 saturated carbocycles. The van der Waals surface area contributed by atoms with Crippen LogP contribution in [0.4, 0.5) is 0 Å². The van der Waals surface area contributed by atoms with Crippen LogP contribution in [0.15, 0.2) is 13.2 Å². The van der Waals surface area contributed by atoms with Crippen LogP contribution in [0, 0.1) is 5.92 Å². The van der Waals surface area contributed by atoms with E-state index < -0.39 is 0 Å². The molecule has 1 nitrogen and oxygen atoms in total. The number of rotatable bonds is 4. The van der Waals surface area contributed by atoms with Crippen molar-refractivity contribution in [2.75, 3.05) is 20.6 Å². The Morgan fingerprint density at radius 2 is 1.46 bits per heavy atom. The SMILES string of the molecule is C=C.CC.CC(C)CCCN(C)C. The van der Waals surface area contributed by atoms with Gasteiger partial charge in [-0.25, -0.2) is 0 Å². The third-order valence-electron chi connectivity index (χ3n) is 1.39. The van der Waals surface area contributed by atoms with Gasteiger partial charge in [-0.05, 0) is 39.4 Å². The maximum absolute atomic E-state index is 3.00. The first-order chi connectivity index (χ1) is 6.13. The van der Waals surface area contributed by atoms with Gasteiger partial charge in [0.05, 0.1) is 0 Å². The first kappa shape index (κ1) is 18.5. The van der Waals surface area contributed by atoms with E-state index in [-0.39, 0.29) is 0 Å². The fraction of sp³-hybridized carbons (Fsp3) is 0.833. The Morgan fingerprint density at radius 3 is 1.69 bits per heavy atom. The molecule has 0 aliphatic heterocycles. The predicted octanol–water partition coefficient (Wildman–Crippen LogP) is 3.81. The molecule has 13 heavy (non-hydrogen) atoms. The van der Waals surface area contributed by atoms with Crippen molar-refractivity contribution >= 4 is 0 Å². The molecular weight excluding hydrogens is 158 g/mol. The Labute approximate surface area is 85.8 Å². The summed E-state index contributed by atoms with van der Waals surface area (Å²) in [5.74, 6) is 0.866. The summed E-state index contributed by atoms with van der Waals surface area (Å²) in [6, 6.07) is 0. The van der Waals surface area contributed by atoms with Gasteiger partial charge in [-0.2, -0.15) is 0 Å². The number of nitrogens with zero attached hydrogens (tertiary/aromatic N) is 1. The van der Waals surface area contributed by atoms with Gasteiger partial charge < -0.3 is 4.90 Å². The topological polar surface area (TPSA) is 3.24 Å². The number of hydrogen-bond donors (Lipinski definition) is 0. The third-order valence-corrected chi connectivity index (χ3v) is 1.39. The molecule has 0 aromatic rings. The van der Waals surface area contributed by atoms with E-state index >= 15 is 0 Å². The highest BCUT2D eigenvalue weighted by molar-refractivity contribution is 4.48. The second-order valence-electron chi connectivity index (χ2n) is 3.34. The van der Waals surface area contributed by atoms with E-state index in [9.17, 15) is 0 Å². The van der Waals surface area contributed by atoms with Gasteiger partial charge in [0.15, 0.2) is 0 Å². The second-order valence-corrected chi connectivity index (χ2v) is 3.34. The first-order valence-electron chi connectivity index (χ1n) is 5.27. The number of hydrogen-bond acceptors (Lipinski definition) is 1. The van der Waals surface area contributed by atoms with Crippen molar-refractivity contribution in [3.63, 3.8) is 0 Å². The van der Waals surface area contributed by atoms with Crippen LogP contribution < -0.4 is 0 Å². The van der Waals surface area contributed by atoms with E-state index in [4.69, 9.17) is 0 Å². The third kappa shape index (κ3) is 33.9. The molecule has 0 aromatic carbocycles. The highest BCUT2D eigenvalue weighted by atomic mass is 15.0. The molecule has 82 valence electrons. The summed E-state index contributed by atoms with van der Waals surface area (Å²) in [4.78, 5) is 2.24. The van der Waals surface area contributed by atoms with Gasteiger partial charge >= 0.3 is 0 Å². The molecule has 0 aromatic heterocycles. The van der Waals surface area contributed by atoms with Gasteiger partial charge in [0.25, 0.3) is 0 Å². The zero-order valence-electron chi connectivity index (χ0n) is 10.6. The van der Waals surface area contributed by atoms with Gasteiger partial charge in [0, 0.05) is 0 Å². The van der Waals surface area contributed by atoms with E-state index in [1.807, 2.05) is 13.8 Å². The van der Waals surface area contributed by atoms with Crippen LogP contribution in [0.25, 0.3) is 0 Å². The molecule has 0 N–H and O–H groups in total. The second kappa shape index (κ2) is 17.7. The lowest BCUT2D eigenvalue weighted by Gasteiger charge is -2.09. The molecule has 0 bridgehead atoms. The van der Waals surface area contributed by atoms with E-state index in [0.29, 0.717) is 0 Å². The summed E-state index contributed by atoms with van der Waals surface area (Å²) >= 11 is 0. The molecule has 1 heteroatoms. The molecule has 0 aliphatic rings. The molecule has 0 atom stereocenters. The predicted molar refractivity (Wildman–Crippen MR) is 65.2 cm³/mol. The van der Waals surface area contributed by atoms with Gasteiger partial charge in [-0.15, -0.1) is 13.2 Å². The molecule has 0 aliphatic carbocycles. The molecular formula is C12H29N. The zero-order chi connectivity index (χ0) is 11.3. The minimum absolute atomic E-state index is 0.866. The zero-order valence-corrected chi connectivity index (χ0v) is 10.6. The lowest BCUT2D eigenvalue weighted by Crippen LogP contribution is -2.13. The van der Waals surface area contributed by atoms with Crippen LogP contribution in [0.5, 0.6) is 0 Å². The summed E-state index contributed by atoms with van der Waals surface area (Å²) in [5, 5.41) is 0. The lowest BCUT2D eigenvalue weighted by atomic mass is 10.1. The van der Waals surface area contributed by atoms with Crippen molar-refractivity contribution < 1.29 is 0 Å². The Bertz CT molecular complexity index is 59.5. The Hall–Kier alpha value is -0.300. The fourth-order valence-corrected chi connectivity index (χ4v) is 0.816. The molecule has 0 fully saturated rings. The fourth-order valence-electron chi connectivity index (χ4n) is 0.816. The molecule has 0 spiro atoms. The quantitative estimate of drug-likeness (QED) is 0.605. The van der Waals surface area contributed by atoms with E-state index in [1.54, 1.807) is 0 Å². The molecule has 0 heterocycles. The van der Waals surface area contributed by atoms with Crippen molar-refractivity contribution in [3.05, 3.63) is 13.2 Å². The normalized spacial score (nSPS) is 8.62. The van der Waals surface area contributed by atoms with Crippen molar-refractivity contribution in [1.82, 2.24) is 4.90 Å². The van der Waals surface area contributed by atoms with E-state index in [0.717, 1.165) is 5.92 Å². The van der Waals surface area contributed by atoms with Crippen LogP contribution in [-0.2, 0) is 0 Å². The summed E-state index contributed by atoms with van der Waals surface area (Å²) in [6.07, 6.45) is 2.70. The van der Waals surface area contributed by atoms with Crippen LogP contribution in [0.3, 0.4) is 0 Å². The van der Waals surface area contributed by atoms with Crippen LogP contribution >= 0.6 is 0 Å². The van der Waals surface area contributed by atoms with Gasteiger partial charge in [0.2, 0.25) is 0 Å². The Morgan fingerprint density at radius 1 is 1.08 bits per heavy atom. The average molecular weight is 187 g/mol. The smallest absolute Gasteiger partial charge is 0.00247 e. The van der Waals surface area contributed by atoms with Crippen LogP contribution in [-0.4, -0.2) is 25.5 Å². The average Bonchev–Trinajstić information content (AvgIpc) is 2.10. The molecule has 0 radical (unpaired) electrons. The van der Waals surface area contributed by atoms with Gasteiger partial charge in [0.1, 0.15) is 0 Å². The van der Waals surface area contributed by atoms with Crippen molar-refractivity contribution in [1.29, 1.82) is 0 Å². The van der Waals surface area contributed by atoms with Gasteiger partial charge in [-0.1, -0.05) is 27.7 Å². The maximum Gasteiger partial charge on any atom is -0.00247 e. The summed E-state index contributed by atoms with van der Waals surface area (Å²) in [6.45, 7) is 15.8. The molecule has 0 amide bonds. The highest BCUT2D eigenvalue weighted by Gasteiger charge is 1.93. The van der Waals surface area contributed by atoms with Crippen molar-refractivity contribution in [3.8, 4) is 0 Å². The van der Waals surface area contributed by atoms with E-state index in [2.05, 4.69) is 46.0 Å². The molecule has 0 saturated heterocycles. The Kier molecular flexibility index (Phi) is 25.2. The minimum Gasteiger partial charge on any atom is -0.309 e. The van der Waals surface area contributed by atoms with Gasteiger partial charge in [-0.3, -0.25) is 0 Å². The van der Waals surface area contributed by atoms with E-state index in [1.165, 1.54) is 19.4 Å². The first-order valence-corrected chi connectivity index (χ1v) is 5.27. The van der Waals surface area contributed by atoms with Crippen LogP contribution in [0.1, 0.15) is 40.5 Å². The monoisotopic (exact) mass is 187 g/mol. The Balaban J connectivity index is -0.000000218. The van der Waals surface area contributed by atoms with Crippen molar-refractivity contribution in [2.45, 2.75) is 40.5 Å². The summed E-state index contributed by atoms with van der Waals surface area (Å²) in [5.41, 5.74) is 0. The standard InChI is InChI=1S/C8H19N.C2H6.C2H4/c1-8(2)6-5-7-9(3)4;2*1-2/h8H,5-7H2,1-4H3;1-2H3;1-2H2. The lowest BCUT2D eigenvalue weighted by molar-refractivity contribution is 0.378. The van der Waals surface area contributed by atoms with Crippen LogP contribution in [0.2, 0.25) is 0 Å². The highest BCUT2D eigenvalue weighted by Crippen LogP contribution is 2.02. The summed E-state index contributed by atoms with van der Waals surface area (Å²) in [7, 11) is 4.25. The maximum atomic E-state index is 3.00. The largest absolute Gasteiger partial charge is 0.309 e. The molecule has 0 unspecified atom stereocenters. The minimum atomic E-state index is 0.866.